The van der Waals surface area contributed by atoms with Gasteiger partial charge in [0.1, 0.15) is 6.04 Å². The predicted octanol–water partition coefficient (Wildman–Crippen LogP) is 2.39. The van der Waals surface area contributed by atoms with Crippen LogP contribution >= 0.6 is 0 Å². The molecule has 1 atom stereocenters. The summed E-state index contributed by atoms with van der Waals surface area (Å²) in [6.45, 7) is 7.97. The summed E-state index contributed by atoms with van der Waals surface area (Å²) in [5.41, 5.74) is 1.80. The lowest BCUT2D eigenvalue weighted by Gasteiger charge is -2.28. The Labute approximate surface area is 171 Å². The lowest BCUT2D eigenvalue weighted by atomic mass is 10.1. The Hall–Kier alpha value is -2.74. The summed E-state index contributed by atoms with van der Waals surface area (Å²) in [6, 6.07) is 8.89. The third-order valence-electron chi connectivity index (χ3n) is 5.40. The van der Waals surface area contributed by atoms with Crippen molar-refractivity contribution in [2.75, 3.05) is 25.0 Å². The first kappa shape index (κ1) is 21.0. The van der Waals surface area contributed by atoms with Crippen LogP contribution in [0.5, 0.6) is 0 Å². The number of hydrogen-bond donors (Lipinski definition) is 2. The second-order valence-corrected chi connectivity index (χ2v) is 7.48. The number of aromatic nitrogens is 3. The molecule has 3 rings (SSSR count). The molecule has 1 saturated heterocycles. The van der Waals surface area contributed by atoms with Crippen LogP contribution in [0.25, 0.3) is 0 Å². The van der Waals surface area contributed by atoms with Crippen molar-refractivity contribution in [1.29, 1.82) is 0 Å². The number of anilines is 1. The van der Waals surface area contributed by atoms with E-state index in [-0.39, 0.29) is 17.9 Å². The van der Waals surface area contributed by atoms with E-state index in [0.717, 1.165) is 38.0 Å². The molecule has 1 aromatic carbocycles. The number of carbonyl (C=O) groups is 2. The summed E-state index contributed by atoms with van der Waals surface area (Å²) in [5.74, 6) is -0.471. The Morgan fingerprint density at radius 2 is 1.97 bits per heavy atom. The molecule has 0 spiro atoms. The molecule has 1 aliphatic rings. The van der Waals surface area contributed by atoms with Gasteiger partial charge in [-0.1, -0.05) is 30.3 Å². The molecule has 0 saturated carbocycles. The van der Waals surface area contributed by atoms with Gasteiger partial charge in [-0.15, -0.1) is 5.10 Å². The van der Waals surface area contributed by atoms with Crippen molar-refractivity contribution in [2.45, 2.75) is 52.1 Å². The first-order chi connectivity index (χ1) is 14.0. The van der Waals surface area contributed by atoms with Gasteiger partial charge >= 0.3 is 0 Å². The Kier molecular flexibility index (Phi) is 6.98. The molecule has 0 aliphatic carbocycles. The first-order valence-corrected chi connectivity index (χ1v) is 10.3. The zero-order chi connectivity index (χ0) is 20.8. The molecule has 2 N–H and O–H groups in total. The average molecular weight is 399 g/mol. The number of carbonyl (C=O) groups excluding carboxylic acids is 2. The van der Waals surface area contributed by atoms with Gasteiger partial charge in [-0.25, -0.2) is 4.68 Å². The summed E-state index contributed by atoms with van der Waals surface area (Å²) in [4.78, 5) is 27.6. The molecule has 1 unspecified atom stereocenters. The number of piperidine rings is 1. The topological polar surface area (TPSA) is 92.2 Å². The van der Waals surface area contributed by atoms with E-state index in [1.165, 1.54) is 0 Å². The minimum absolute atomic E-state index is 0.221. The van der Waals surface area contributed by atoms with Gasteiger partial charge < -0.3 is 15.5 Å². The van der Waals surface area contributed by atoms with Crippen molar-refractivity contribution in [2.24, 2.45) is 0 Å². The third kappa shape index (κ3) is 4.82. The van der Waals surface area contributed by atoms with Crippen molar-refractivity contribution in [3.63, 3.8) is 0 Å². The van der Waals surface area contributed by atoms with E-state index in [1.54, 1.807) is 11.8 Å². The van der Waals surface area contributed by atoms with E-state index in [9.17, 15) is 9.59 Å². The largest absolute Gasteiger partial charge is 0.325 e. The molecule has 2 aromatic rings. The number of para-hydroxylation sites is 1. The molecule has 1 fully saturated rings. The minimum atomic E-state index is -0.619. The van der Waals surface area contributed by atoms with Crippen LogP contribution in [0.2, 0.25) is 0 Å². The molecule has 8 nitrogen and oxygen atoms in total. The van der Waals surface area contributed by atoms with Crippen molar-refractivity contribution in [1.82, 2.24) is 25.2 Å². The number of hydrogen-bond acceptors (Lipinski definition) is 5. The predicted molar refractivity (Wildman–Crippen MR) is 112 cm³/mol. The van der Waals surface area contributed by atoms with E-state index in [4.69, 9.17) is 0 Å². The quantitative estimate of drug-likeness (QED) is 0.747. The van der Waals surface area contributed by atoms with E-state index < -0.39 is 6.04 Å². The highest BCUT2D eigenvalue weighted by Gasteiger charge is 2.30. The summed E-state index contributed by atoms with van der Waals surface area (Å²) in [7, 11) is 0. The fourth-order valence-corrected chi connectivity index (χ4v) is 3.69. The number of nitrogens with one attached hydrogen (secondary N) is 2. The fraction of sp³-hybridized carbons (Fsp3) is 0.524. The highest BCUT2D eigenvalue weighted by atomic mass is 16.2. The maximum Gasteiger partial charge on any atom is 0.276 e. The maximum atomic E-state index is 13.3. The van der Waals surface area contributed by atoms with Crippen LogP contribution in [0.15, 0.2) is 30.3 Å². The Morgan fingerprint density at radius 1 is 1.28 bits per heavy atom. The summed E-state index contributed by atoms with van der Waals surface area (Å²) < 4.78 is 1.87. The minimum Gasteiger partial charge on any atom is -0.325 e. The smallest absolute Gasteiger partial charge is 0.276 e. The van der Waals surface area contributed by atoms with Gasteiger partial charge in [-0.05, 0) is 58.3 Å². The number of nitrogens with zero attached hydrogens (tertiary/aromatic N) is 4. The Morgan fingerprint density at radius 3 is 2.62 bits per heavy atom. The van der Waals surface area contributed by atoms with Crippen LogP contribution in [-0.4, -0.2) is 57.4 Å². The second kappa shape index (κ2) is 9.65. The lowest BCUT2D eigenvalue weighted by molar-refractivity contribution is -0.120. The highest BCUT2D eigenvalue weighted by Crippen LogP contribution is 2.21. The maximum absolute atomic E-state index is 13.3. The molecule has 2 amide bonds. The van der Waals surface area contributed by atoms with Gasteiger partial charge in [0, 0.05) is 12.2 Å². The van der Waals surface area contributed by atoms with Crippen LogP contribution in [0.3, 0.4) is 0 Å². The molecule has 156 valence electrons. The van der Waals surface area contributed by atoms with Crippen LogP contribution in [0, 0.1) is 6.92 Å². The van der Waals surface area contributed by atoms with Gasteiger partial charge in [0.05, 0.1) is 11.7 Å². The van der Waals surface area contributed by atoms with Crippen LogP contribution < -0.4 is 10.6 Å². The van der Waals surface area contributed by atoms with Gasteiger partial charge in [0.15, 0.2) is 5.69 Å². The van der Waals surface area contributed by atoms with Gasteiger partial charge in [-0.2, -0.15) is 0 Å². The monoisotopic (exact) mass is 398 g/mol. The summed E-state index contributed by atoms with van der Waals surface area (Å²) in [5, 5.41) is 14.7. The van der Waals surface area contributed by atoms with E-state index in [0.29, 0.717) is 17.9 Å². The van der Waals surface area contributed by atoms with Crippen LogP contribution in [0.4, 0.5) is 5.69 Å². The lowest BCUT2D eigenvalue weighted by Crippen LogP contribution is -2.46. The second-order valence-electron chi connectivity index (χ2n) is 7.48. The van der Waals surface area contributed by atoms with Crippen LogP contribution in [-0.2, 0) is 4.79 Å². The molecule has 0 radical (unpaired) electrons. The zero-order valence-corrected chi connectivity index (χ0v) is 17.4. The molecule has 2 heterocycles. The van der Waals surface area contributed by atoms with Crippen molar-refractivity contribution < 1.29 is 9.59 Å². The molecule has 0 bridgehead atoms. The molecule has 8 heteroatoms. The first-order valence-electron chi connectivity index (χ1n) is 10.3. The van der Waals surface area contributed by atoms with Crippen LogP contribution in [0.1, 0.15) is 55.3 Å². The SMILES string of the molecule is CCCN(C(=O)c1nnn(C2CCNCC2)c1C)C(C)C(=O)Nc1ccccc1. The van der Waals surface area contributed by atoms with E-state index in [2.05, 4.69) is 20.9 Å². The number of benzene rings is 1. The standard InChI is InChI=1S/C21H30N6O2/c1-4-14-26(16(3)20(28)23-17-8-6-5-7-9-17)21(29)19-15(2)27(25-24-19)18-10-12-22-13-11-18/h5-9,16,18,22H,4,10-14H2,1-3H3,(H,23,28). The molecule has 1 aromatic heterocycles. The molecular weight excluding hydrogens is 368 g/mol. The zero-order valence-electron chi connectivity index (χ0n) is 17.4. The number of rotatable bonds is 7. The van der Waals surface area contributed by atoms with E-state index >= 15 is 0 Å². The van der Waals surface area contributed by atoms with Gasteiger partial charge in [-0.3, -0.25) is 9.59 Å². The van der Waals surface area contributed by atoms with Crippen molar-refractivity contribution in [3.8, 4) is 0 Å². The summed E-state index contributed by atoms with van der Waals surface area (Å²) >= 11 is 0. The van der Waals surface area contributed by atoms with Gasteiger partial charge in [0.25, 0.3) is 5.91 Å². The fourth-order valence-electron chi connectivity index (χ4n) is 3.69. The van der Waals surface area contributed by atoms with Gasteiger partial charge in [0.2, 0.25) is 5.91 Å². The average Bonchev–Trinajstić information content (AvgIpc) is 3.13. The van der Waals surface area contributed by atoms with Crippen molar-refractivity contribution in [3.05, 3.63) is 41.7 Å². The molecule has 1 aliphatic heterocycles. The summed E-state index contributed by atoms with van der Waals surface area (Å²) in [6.07, 6.45) is 2.68. The Bertz CT molecular complexity index is 829. The van der Waals surface area contributed by atoms with Crippen molar-refractivity contribution >= 4 is 17.5 Å². The Balaban J connectivity index is 1.76. The normalized spacial score (nSPS) is 15.7. The number of amides is 2. The third-order valence-corrected chi connectivity index (χ3v) is 5.40. The van der Waals surface area contributed by atoms with E-state index in [1.807, 2.05) is 48.9 Å². The highest BCUT2D eigenvalue weighted by molar-refractivity contribution is 6.00. The molecule has 29 heavy (non-hydrogen) atoms. The molecular formula is C21H30N6O2.